The molecular weight excluding hydrogens is 318 g/mol. The minimum absolute atomic E-state index is 0.110. The van der Waals surface area contributed by atoms with Crippen molar-refractivity contribution in [2.24, 2.45) is 0 Å². The maximum absolute atomic E-state index is 12.2. The number of amides is 1. The normalized spacial score (nSPS) is 16.4. The summed E-state index contributed by atoms with van der Waals surface area (Å²) in [7, 11) is 2.16. The lowest BCUT2D eigenvalue weighted by Gasteiger charge is -2.30. The molecule has 0 radical (unpaired) electrons. The molecule has 126 valence electrons. The van der Waals surface area contributed by atoms with E-state index in [1.807, 2.05) is 47.9 Å². The van der Waals surface area contributed by atoms with Gasteiger partial charge in [0.1, 0.15) is 0 Å². The van der Waals surface area contributed by atoms with Gasteiger partial charge in [-0.15, -0.1) is 11.3 Å². The Kier molecular flexibility index (Phi) is 5.67. The molecule has 1 fully saturated rings. The molecule has 1 amide bonds. The molecule has 4 nitrogen and oxygen atoms in total. The molecule has 0 spiro atoms. The lowest BCUT2D eigenvalue weighted by molar-refractivity contribution is -0.111. The Morgan fingerprint density at radius 2 is 1.92 bits per heavy atom. The fraction of sp³-hybridized carbons (Fsp3) is 0.316. The molecule has 0 atom stereocenters. The van der Waals surface area contributed by atoms with E-state index in [1.165, 1.54) is 0 Å². The Morgan fingerprint density at radius 3 is 2.62 bits per heavy atom. The van der Waals surface area contributed by atoms with Crippen LogP contribution in [0.1, 0.15) is 17.7 Å². The summed E-state index contributed by atoms with van der Waals surface area (Å²) < 4.78 is 0. The van der Waals surface area contributed by atoms with E-state index in [0.717, 1.165) is 42.2 Å². The maximum Gasteiger partial charge on any atom is 0.248 e. The fourth-order valence-electron chi connectivity index (χ4n) is 2.81. The number of thiophene rings is 1. The minimum atomic E-state index is -0.110. The highest BCUT2D eigenvalue weighted by Gasteiger charge is 2.17. The molecule has 1 aliphatic heterocycles. The zero-order chi connectivity index (χ0) is 16.8. The van der Waals surface area contributed by atoms with Gasteiger partial charge in [-0.25, -0.2) is 0 Å². The van der Waals surface area contributed by atoms with Gasteiger partial charge in [0.05, 0.1) is 11.4 Å². The second kappa shape index (κ2) is 8.13. The third-order valence-electron chi connectivity index (χ3n) is 4.21. The number of hydrogen-bond acceptors (Lipinski definition) is 4. The molecule has 1 aromatic carbocycles. The number of carbonyl (C=O) groups is 1. The van der Waals surface area contributed by atoms with Crippen LogP contribution >= 0.6 is 11.3 Å². The van der Waals surface area contributed by atoms with Crippen molar-refractivity contribution in [1.29, 1.82) is 0 Å². The number of hydrogen-bond donors (Lipinski definition) is 2. The molecule has 2 N–H and O–H groups in total. The van der Waals surface area contributed by atoms with Crippen molar-refractivity contribution in [2.75, 3.05) is 30.8 Å². The van der Waals surface area contributed by atoms with Crippen LogP contribution in [-0.2, 0) is 4.79 Å². The largest absolute Gasteiger partial charge is 0.381 e. The first-order chi connectivity index (χ1) is 11.7. The summed E-state index contributed by atoms with van der Waals surface area (Å²) >= 11 is 1.61. The number of benzene rings is 1. The molecule has 2 aromatic rings. The molecule has 24 heavy (non-hydrogen) atoms. The average molecular weight is 341 g/mol. The second-order valence-corrected chi connectivity index (χ2v) is 7.08. The highest BCUT2D eigenvalue weighted by molar-refractivity contribution is 7.10. The Bertz CT molecular complexity index is 688. The smallest absolute Gasteiger partial charge is 0.248 e. The van der Waals surface area contributed by atoms with Gasteiger partial charge in [0.2, 0.25) is 5.91 Å². The molecular formula is C19H23N3OS. The summed E-state index contributed by atoms with van der Waals surface area (Å²) in [6, 6.07) is 12.3. The van der Waals surface area contributed by atoms with E-state index in [0.29, 0.717) is 6.04 Å². The van der Waals surface area contributed by atoms with Gasteiger partial charge in [0.15, 0.2) is 0 Å². The molecule has 0 bridgehead atoms. The minimum Gasteiger partial charge on any atom is -0.381 e. The number of nitrogens with zero attached hydrogens (tertiary/aromatic N) is 1. The molecule has 1 aromatic heterocycles. The summed E-state index contributed by atoms with van der Waals surface area (Å²) in [5.74, 6) is -0.110. The Balaban J connectivity index is 1.62. The third-order valence-corrected chi connectivity index (χ3v) is 5.04. The number of carbonyl (C=O) groups excluding carboxylic acids is 1. The van der Waals surface area contributed by atoms with Gasteiger partial charge in [-0.05, 0) is 62.6 Å². The number of nitrogens with one attached hydrogen (secondary N) is 2. The molecule has 1 saturated heterocycles. The van der Waals surface area contributed by atoms with Gasteiger partial charge in [-0.1, -0.05) is 18.2 Å². The lowest BCUT2D eigenvalue weighted by Crippen LogP contribution is -2.36. The van der Waals surface area contributed by atoms with Crippen molar-refractivity contribution in [3.63, 3.8) is 0 Å². The van der Waals surface area contributed by atoms with Crippen LogP contribution in [0.4, 0.5) is 11.4 Å². The number of rotatable bonds is 5. The van der Waals surface area contributed by atoms with Crippen LogP contribution < -0.4 is 10.6 Å². The highest BCUT2D eigenvalue weighted by Crippen LogP contribution is 2.24. The summed E-state index contributed by atoms with van der Waals surface area (Å²) in [4.78, 5) is 15.6. The standard InChI is InChI=1S/C19H23N3OS/c1-22-12-10-15(11-13-22)20-17-6-2-3-7-18(17)21-19(23)9-8-16-5-4-14-24-16/h2-9,14-15,20H,10-13H2,1H3,(H,21,23)/b9-8-. The van der Waals surface area contributed by atoms with E-state index in [9.17, 15) is 4.79 Å². The zero-order valence-electron chi connectivity index (χ0n) is 13.9. The first-order valence-corrected chi connectivity index (χ1v) is 9.15. The van der Waals surface area contributed by atoms with E-state index in [1.54, 1.807) is 17.4 Å². The maximum atomic E-state index is 12.2. The monoisotopic (exact) mass is 341 g/mol. The van der Waals surface area contributed by atoms with Crippen molar-refractivity contribution >= 4 is 34.7 Å². The van der Waals surface area contributed by atoms with E-state index in [4.69, 9.17) is 0 Å². The summed E-state index contributed by atoms with van der Waals surface area (Å²) in [5.41, 5.74) is 1.82. The third kappa shape index (κ3) is 4.69. The van der Waals surface area contributed by atoms with Gasteiger partial charge in [-0.2, -0.15) is 0 Å². The summed E-state index contributed by atoms with van der Waals surface area (Å²) in [5, 5.41) is 8.56. The fourth-order valence-corrected chi connectivity index (χ4v) is 3.43. The van der Waals surface area contributed by atoms with Crippen molar-refractivity contribution in [3.8, 4) is 0 Å². The molecule has 1 aliphatic rings. The average Bonchev–Trinajstić information content (AvgIpc) is 3.10. The van der Waals surface area contributed by atoms with Crippen LogP contribution in [-0.4, -0.2) is 37.0 Å². The first-order valence-electron chi connectivity index (χ1n) is 8.27. The molecule has 2 heterocycles. The van der Waals surface area contributed by atoms with Gasteiger partial charge in [0.25, 0.3) is 0 Å². The number of piperidine rings is 1. The van der Waals surface area contributed by atoms with Crippen molar-refractivity contribution in [3.05, 3.63) is 52.7 Å². The lowest BCUT2D eigenvalue weighted by atomic mass is 10.0. The van der Waals surface area contributed by atoms with Gasteiger partial charge in [0, 0.05) is 17.0 Å². The summed E-state index contributed by atoms with van der Waals surface area (Å²) in [6.45, 7) is 2.21. The molecule has 0 unspecified atom stereocenters. The number of para-hydroxylation sites is 2. The van der Waals surface area contributed by atoms with E-state index in [2.05, 4.69) is 22.6 Å². The van der Waals surface area contributed by atoms with Crippen molar-refractivity contribution in [2.45, 2.75) is 18.9 Å². The Hall–Kier alpha value is -2.11. The van der Waals surface area contributed by atoms with Crippen molar-refractivity contribution < 1.29 is 4.79 Å². The summed E-state index contributed by atoms with van der Waals surface area (Å²) in [6.07, 6.45) is 5.67. The SMILES string of the molecule is CN1CCC(Nc2ccccc2NC(=O)/C=C\c2cccs2)CC1. The van der Waals surface area contributed by atoms with Gasteiger partial charge >= 0.3 is 0 Å². The second-order valence-electron chi connectivity index (χ2n) is 6.11. The highest BCUT2D eigenvalue weighted by atomic mass is 32.1. The van der Waals surface area contributed by atoms with E-state index in [-0.39, 0.29) is 5.91 Å². The molecule has 0 aliphatic carbocycles. The molecule has 3 rings (SSSR count). The Labute approximate surface area is 147 Å². The van der Waals surface area contributed by atoms with Crippen LogP contribution in [0.5, 0.6) is 0 Å². The quantitative estimate of drug-likeness (QED) is 0.811. The molecule has 5 heteroatoms. The van der Waals surface area contributed by atoms with Gasteiger partial charge in [-0.3, -0.25) is 4.79 Å². The van der Waals surface area contributed by atoms with Gasteiger partial charge < -0.3 is 15.5 Å². The van der Waals surface area contributed by atoms with E-state index < -0.39 is 0 Å². The van der Waals surface area contributed by atoms with Crippen LogP contribution in [0.15, 0.2) is 47.9 Å². The topological polar surface area (TPSA) is 44.4 Å². The van der Waals surface area contributed by atoms with Crippen LogP contribution in [0, 0.1) is 0 Å². The predicted molar refractivity (Wildman–Crippen MR) is 103 cm³/mol. The molecule has 0 saturated carbocycles. The van der Waals surface area contributed by atoms with Crippen molar-refractivity contribution in [1.82, 2.24) is 4.90 Å². The zero-order valence-corrected chi connectivity index (χ0v) is 14.7. The van der Waals surface area contributed by atoms with Crippen LogP contribution in [0.2, 0.25) is 0 Å². The van der Waals surface area contributed by atoms with E-state index >= 15 is 0 Å². The van der Waals surface area contributed by atoms with Crippen LogP contribution in [0.25, 0.3) is 6.08 Å². The predicted octanol–water partition coefficient (Wildman–Crippen LogP) is 3.91. The van der Waals surface area contributed by atoms with Crippen LogP contribution in [0.3, 0.4) is 0 Å². The first kappa shape index (κ1) is 16.7. The Morgan fingerprint density at radius 1 is 1.17 bits per heavy atom. The number of anilines is 2. The number of likely N-dealkylation sites (tertiary alicyclic amines) is 1.